The van der Waals surface area contributed by atoms with E-state index in [-0.39, 0.29) is 5.91 Å². The topological polar surface area (TPSA) is 57.8 Å². The Kier molecular flexibility index (Phi) is 5.15. The van der Waals surface area contributed by atoms with Gasteiger partial charge in [-0.25, -0.2) is 4.98 Å². The standard InChI is InChI=1S/C22H15Cl2N3O/c23-16-10-11-18-19(13-16)26-21(25-18)20(12-15-8-4-5-9-17(15)24)27-22(28)14-6-2-1-3-7-14/h1-13H,(H,25,26)(H,27,28)/b20-12-. The molecule has 0 aliphatic carbocycles. The fraction of sp³-hybridized carbons (Fsp3) is 0. The molecule has 1 amide bonds. The molecule has 0 atom stereocenters. The van der Waals surface area contributed by atoms with Crippen LogP contribution in [0.3, 0.4) is 0 Å². The Balaban J connectivity index is 1.78. The van der Waals surface area contributed by atoms with Crippen molar-refractivity contribution < 1.29 is 4.79 Å². The second-order valence-electron chi connectivity index (χ2n) is 6.15. The maximum Gasteiger partial charge on any atom is 0.255 e. The highest BCUT2D eigenvalue weighted by Gasteiger charge is 2.14. The third-order valence-electron chi connectivity index (χ3n) is 4.19. The lowest BCUT2D eigenvalue weighted by Gasteiger charge is -2.09. The molecule has 6 heteroatoms. The predicted octanol–water partition coefficient (Wildman–Crippen LogP) is 5.80. The van der Waals surface area contributed by atoms with E-state index in [9.17, 15) is 4.79 Å². The summed E-state index contributed by atoms with van der Waals surface area (Å²) in [4.78, 5) is 20.5. The van der Waals surface area contributed by atoms with Gasteiger partial charge in [0, 0.05) is 15.6 Å². The van der Waals surface area contributed by atoms with Crippen LogP contribution in [-0.2, 0) is 0 Å². The van der Waals surface area contributed by atoms with Gasteiger partial charge in [0.15, 0.2) is 5.82 Å². The second-order valence-corrected chi connectivity index (χ2v) is 6.99. The highest BCUT2D eigenvalue weighted by atomic mass is 35.5. The monoisotopic (exact) mass is 407 g/mol. The van der Waals surface area contributed by atoms with E-state index in [1.165, 1.54) is 0 Å². The van der Waals surface area contributed by atoms with Crippen LogP contribution in [0.4, 0.5) is 0 Å². The van der Waals surface area contributed by atoms with Crippen molar-refractivity contribution in [1.29, 1.82) is 0 Å². The number of rotatable bonds is 4. The number of fused-ring (bicyclic) bond motifs is 1. The zero-order chi connectivity index (χ0) is 19.5. The van der Waals surface area contributed by atoms with Crippen molar-refractivity contribution in [1.82, 2.24) is 15.3 Å². The number of nitrogens with one attached hydrogen (secondary N) is 2. The fourth-order valence-electron chi connectivity index (χ4n) is 2.80. The molecule has 0 bridgehead atoms. The third-order valence-corrected chi connectivity index (χ3v) is 4.77. The smallest absolute Gasteiger partial charge is 0.255 e. The van der Waals surface area contributed by atoms with Gasteiger partial charge >= 0.3 is 0 Å². The van der Waals surface area contributed by atoms with E-state index >= 15 is 0 Å². The lowest BCUT2D eigenvalue weighted by atomic mass is 10.1. The van der Waals surface area contributed by atoms with Crippen LogP contribution in [-0.4, -0.2) is 15.9 Å². The van der Waals surface area contributed by atoms with Crippen molar-refractivity contribution in [3.63, 3.8) is 0 Å². The molecular formula is C22H15Cl2N3O. The highest BCUT2D eigenvalue weighted by Crippen LogP contribution is 2.24. The van der Waals surface area contributed by atoms with E-state index in [0.29, 0.717) is 27.1 Å². The molecule has 0 aliphatic heterocycles. The van der Waals surface area contributed by atoms with Crippen molar-refractivity contribution in [2.45, 2.75) is 0 Å². The van der Waals surface area contributed by atoms with Crippen molar-refractivity contribution >= 4 is 51.9 Å². The summed E-state index contributed by atoms with van der Waals surface area (Å²) >= 11 is 12.4. The predicted molar refractivity (Wildman–Crippen MR) is 114 cm³/mol. The molecule has 4 aromatic rings. The number of amides is 1. The molecule has 1 aromatic heterocycles. The molecule has 3 aromatic carbocycles. The van der Waals surface area contributed by atoms with Gasteiger partial charge in [0.05, 0.1) is 16.7 Å². The highest BCUT2D eigenvalue weighted by molar-refractivity contribution is 6.32. The van der Waals surface area contributed by atoms with Gasteiger partial charge in [-0.3, -0.25) is 4.79 Å². The number of H-pyrrole nitrogens is 1. The van der Waals surface area contributed by atoms with E-state index in [2.05, 4.69) is 15.3 Å². The first-order chi connectivity index (χ1) is 13.6. The minimum absolute atomic E-state index is 0.239. The number of aromatic amines is 1. The van der Waals surface area contributed by atoms with Crippen molar-refractivity contribution in [3.8, 4) is 0 Å². The van der Waals surface area contributed by atoms with Gasteiger partial charge in [-0.15, -0.1) is 0 Å². The molecule has 0 saturated heterocycles. The van der Waals surface area contributed by atoms with E-state index in [0.717, 1.165) is 16.6 Å². The minimum atomic E-state index is -0.239. The number of carbonyl (C=O) groups is 1. The molecule has 1 heterocycles. The zero-order valence-electron chi connectivity index (χ0n) is 14.6. The molecule has 0 spiro atoms. The van der Waals surface area contributed by atoms with Gasteiger partial charge in [0.2, 0.25) is 0 Å². The molecule has 4 nitrogen and oxygen atoms in total. The summed E-state index contributed by atoms with van der Waals surface area (Å²) in [5.74, 6) is 0.277. The maximum absolute atomic E-state index is 12.7. The number of carbonyl (C=O) groups excluding carboxylic acids is 1. The Hall–Kier alpha value is -3.08. The Morgan fingerprint density at radius 1 is 0.964 bits per heavy atom. The molecule has 0 radical (unpaired) electrons. The lowest BCUT2D eigenvalue weighted by molar-refractivity contribution is 0.0973. The third kappa shape index (κ3) is 3.93. The van der Waals surface area contributed by atoms with Gasteiger partial charge in [0.1, 0.15) is 0 Å². The van der Waals surface area contributed by atoms with E-state index in [4.69, 9.17) is 23.2 Å². The summed E-state index contributed by atoms with van der Waals surface area (Å²) < 4.78 is 0. The molecule has 0 saturated carbocycles. The maximum atomic E-state index is 12.7. The number of hydrogen-bond acceptors (Lipinski definition) is 2. The summed E-state index contributed by atoms with van der Waals surface area (Å²) in [5.41, 5.74) is 3.35. The largest absolute Gasteiger partial charge is 0.337 e. The van der Waals surface area contributed by atoms with Gasteiger partial charge in [-0.05, 0) is 48.0 Å². The first-order valence-corrected chi connectivity index (χ1v) is 9.34. The SMILES string of the molecule is O=C(N/C(=C\c1ccccc1Cl)c1nc2ccc(Cl)cc2[nH]1)c1ccccc1. The first-order valence-electron chi connectivity index (χ1n) is 8.58. The number of hydrogen-bond donors (Lipinski definition) is 2. The number of imidazole rings is 1. The van der Waals surface area contributed by atoms with Crippen LogP contribution in [0.2, 0.25) is 10.0 Å². The molecule has 0 aliphatic rings. The lowest BCUT2D eigenvalue weighted by Crippen LogP contribution is -2.22. The molecular weight excluding hydrogens is 393 g/mol. The summed E-state index contributed by atoms with van der Waals surface area (Å²) in [7, 11) is 0. The number of halogens is 2. The Morgan fingerprint density at radius 2 is 1.71 bits per heavy atom. The number of nitrogens with zero attached hydrogens (tertiary/aromatic N) is 1. The number of benzene rings is 3. The average Bonchev–Trinajstić information content (AvgIpc) is 3.13. The molecule has 28 heavy (non-hydrogen) atoms. The molecule has 138 valence electrons. The summed E-state index contributed by atoms with van der Waals surface area (Å²) in [6, 6.07) is 21.8. The van der Waals surface area contributed by atoms with Crippen LogP contribution in [0.15, 0.2) is 72.8 Å². The summed E-state index contributed by atoms with van der Waals surface area (Å²) in [6.07, 6.45) is 1.79. The first kappa shape index (κ1) is 18.3. The molecule has 2 N–H and O–H groups in total. The van der Waals surface area contributed by atoms with Crippen LogP contribution in [0.25, 0.3) is 22.8 Å². The van der Waals surface area contributed by atoms with Crippen LogP contribution >= 0.6 is 23.2 Å². The van der Waals surface area contributed by atoms with Gasteiger partial charge < -0.3 is 10.3 Å². The van der Waals surface area contributed by atoms with Gasteiger partial charge in [-0.2, -0.15) is 0 Å². The molecule has 4 rings (SSSR count). The summed E-state index contributed by atoms with van der Waals surface area (Å²) in [6.45, 7) is 0. The van der Waals surface area contributed by atoms with E-state index in [1.807, 2.05) is 42.5 Å². The fourth-order valence-corrected chi connectivity index (χ4v) is 3.17. The average molecular weight is 408 g/mol. The van der Waals surface area contributed by atoms with Crippen molar-refractivity contribution in [2.75, 3.05) is 0 Å². The van der Waals surface area contributed by atoms with Crippen molar-refractivity contribution in [2.24, 2.45) is 0 Å². The Morgan fingerprint density at radius 3 is 2.50 bits per heavy atom. The van der Waals surface area contributed by atoms with Crippen molar-refractivity contribution in [3.05, 3.63) is 99.8 Å². The molecule has 0 fully saturated rings. The Bertz CT molecular complexity index is 1180. The van der Waals surface area contributed by atoms with E-state index in [1.54, 1.807) is 36.4 Å². The van der Waals surface area contributed by atoms with Crippen LogP contribution in [0, 0.1) is 0 Å². The quantitative estimate of drug-likeness (QED) is 0.449. The second kappa shape index (κ2) is 7.89. The molecule has 0 unspecified atom stereocenters. The minimum Gasteiger partial charge on any atom is -0.337 e. The van der Waals surface area contributed by atoms with Crippen LogP contribution < -0.4 is 5.32 Å². The normalized spacial score (nSPS) is 11.6. The van der Waals surface area contributed by atoms with E-state index < -0.39 is 0 Å². The van der Waals surface area contributed by atoms with Gasteiger partial charge in [0.25, 0.3) is 5.91 Å². The Labute approximate surface area is 171 Å². The summed E-state index contributed by atoms with van der Waals surface area (Å²) in [5, 5.41) is 4.12. The van der Waals surface area contributed by atoms with Crippen LogP contribution in [0.1, 0.15) is 21.7 Å². The zero-order valence-corrected chi connectivity index (χ0v) is 16.1. The van der Waals surface area contributed by atoms with Gasteiger partial charge in [-0.1, -0.05) is 59.6 Å². The number of aromatic nitrogens is 2. The van der Waals surface area contributed by atoms with Crippen LogP contribution in [0.5, 0.6) is 0 Å².